The molecule has 0 saturated carbocycles. The van der Waals surface area contributed by atoms with Gasteiger partial charge in [0.2, 0.25) is 0 Å². The molecule has 20 heavy (non-hydrogen) atoms. The third-order valence-electron chi connectivity index (χ3n) is 3.68. The first-order valence-electron chi connectivity index (χ1n) is 7.25. The number of nitrogens with zero attached hydrogens (tertiary/aromatic N) is 1. The van der Waals surface area contributed by atoms with Gasteiger partial charge in [-0.3, -0.25) is 4.98 Å². The SMILES string of the molecule is CC(C)(C)c1ccc(-c2ccc(C(C)(C)C)cn2)cc1. The maximum Gasteiger partial charge on any atom is 0.0702 e. The minimum atomic E-state index is 0.154. The lowest BCUT2D eigenvalue weighted by molar-refractivity contribution is 0.587. The molecule has 0 N–H and O–H groups in total. The van der Waals surface area contributed by atoms with Crippen LogP contribution >= 0.6 is 0 Å². The first-order valence-corrected chi connectivity index (χ1v) is 7.25. The van der Waals surface area contributed by atoms with Crippen molar-refractivity contribution in [3.8, 4) is 11.3 Å². The van der Waals surface area contributed by atoms with E-state index >= 15 is 0 Å². The molecule has 1 aromatic heterocycles. The summed E-state index contributed by atoms with van der Waals surface area (Å²) < 4.78 is 0. The van der Waals surface area contributed by atoms with Crippen LogP contribution in [-0.2, 0) is 10.8 Å². The van der Waals surface area contributed by atoms with E-state index in [9.17, 15) is 0 Å². The van der Waals surface area contributed by atoms with Gasteiger partial charge in [0.05, 0.1) is 5.69 Å². The molecule has 0 aliphatic heterocycles. The zero-order valence-corrected chi connectivity index (χ0v) is 13.5. The summed E-state index contributed by atoms with van der Waals surface area (Å²) >= 11 is 0. The van der Waals surface area contributed by atoms with E-state index in [0.29, 0.717) is 0 Å². The van der Waals surface area contributed by atoms with Gasteiger partial charge in [-0.1, -0.05) is 71.9 Å². The molecule has 0 radical (unpaired) electrons. The Morgan fingerprint density at radius 2 is 1.15 bits per heavy atom. The molecule has 2 aromatic rings. The largest absolute Gasteiger partial charge is 0.256 e. The lowest BCUT2D eigenvalue weighted by Crippen LogP contribution is -2.11. The zero-order valence-electron chi connectivity index (χ0n) is 13.5. The molecule has 1 heteroatoms. The van der Waals surface area contributed by atoms with E-state index in [2.05, 4.69) is 82.9 Å². The fourth-order valence-corrected chi connectivity index (χ4v) is 2.15. The lowest BCUT2D eigenvalue weighted by atomic mass is 9.86. The van der Waals surface area contributed by atoms with E-state index in [1.807, 2.05) is 6.20 Å². The van der Waals surface area contributed by atoms with Crippen LogP contribution in [0, 0.1) is 0 Å². The first kappa shape index (κ1) is 14.8. The van der Waals surface area contributed by atoms with Crippen molar-refractivity contribution in [3.63, 3.8) is 0 Å². The van der Waals surface area contributed by atoms with E-state index in [-0.39, 0.29) is 10.8 Å². The Morgan fingerprint density at radius 3 is 1.55 bits per heavy atom. The maximum absolute atomic E-state index is 4.61. The topological polar surface area (TPSA) is 12.9 Å². The van der Waals surface area contributed by atoms with Crippen LogP contribution in [0.1, 0.15) is 52.7 Å². The molecular weight excluding hydrogens is 242 g/mol. The summed E-state index contributed by atoms with van der Waals surface area (Å²) in [5.41, 5.74) is 5.20. The minimum absolute atomic E-state index is 0.154. The summed E-state index contributed by atoms with van der Waals surface area (Å²) in [5.74, 6) is 0. The molecular formula is C19H25N. The Morgan fingerprint density at radius 1 is 0.650 bits per heavy atom. The molecule has 0 atom stereocenters. The number of hydrogen-bond acceptors (Lipinski definition) is 1. The molecule has 1 heterocycles. The van der Waals surface area contributed by atoms with Crippen molar-refractivity contribution in [3.05, 3.63) is 53.7 Å². The van der Waals surface area contributed by atoms with Gasteiger partial charge in [-0.15, -0.1) is 0 Å². The monoisotopic (exact) mass is 267 g/mol. The summed E-state index contributed by atoms with van der Waals surface area (Å²) in [6.07, 6.45) is 1.99. The summed E-state index contributed by atoms with van der Waals surface area (Å²) in [6.45, 7) is 13.3. The number of hydrogen-bond donors (Lipinski definition) is 0. The van der Waals surface area contributed by atoms with E-state index in [1.165, 1.54) is 16.7 Å². The molecule has 0 saturated heterocycles. The van der Waals surface area contributed by atoms with Crippen LogP contribution in [0.25, 0.3) is 11.3 Å². The van der Waals surface area contributed by atoms with Gasteiger partial charge in [-0.05, 0) is 28.0 Å². The molecule has 0 fully saturated rings. The Kier molecular flexibility index (Phi) is 3.73. The molecule has 1 nitrogen and oxygen atoms in total. The van der Waals surface area contributed by atoms with Gasteiger partial charge in [0.1, 0.15) is 0 Å². The molecule has 0 unspecified atom stereocenters. The average Bonchev–Trinajstić information content (AvgIpc) is 2.37. The van der Waals surface area contributed by atoms with E-state index in [0.717, 1.165) is 5.69 Å². The molecule has 1 aromatic carbocycles. The number of aromatic nitrogens is 1. The lowest BCUT2D eigenvalue weighted by Gasteiger charge is -2.20. The molecule has 0 bridgehead atoms. The molecule has 0 aliphatic carbocycles. The van der Waals surface area contributed by atoms with Crippen LogP contribution in [0.2, 0.25) is 0 Å². The zero-order chi connectivity index (χ0) is 15.0. The average molecular weight is 267 g/mol. The van der Waals surface area contributed by atoms with E-state index in [4.69, 9.17) is 0 Å². The predicted molar refractivity (Wildman–Crippen MR) is 87.1 cm³/mol. The van der Waals surface area contributed by atoms with Gasteiger partial charge < -0.3 is 0 Å². The highest BCUT2D eigenvalue weighted by atomic mass is 14.7. The third-order valence-corrected chi connectivity index (χ3v) is 3.68. The van der Waals surface area contributed by atoms with Crippen LogP contribution in [0.15, 0.2) is 42.6 Å². The highest BCUT2D eigenvalue weighted by molar-refractivity contribution is 5.59. The van der Waals surface area contributed by atoms with Gasteiger partial charge in [-0.2, -0.15) is 0 Å². The van der Waals surface area contributed by atoms with Crippen molar-refractivity contribution in [2.24, 2.45) is 0 Å². The van der Waals surface area contributed by atoms with E-state index < -0.39 is 0 Å². The van der Waals surface area contributed by atoms with Crippen molar-refractivity contribution >= 4 is 0 Å². The second-order valence-corrected chi connectivity index (χ2v) is 7.51. The van der Waals surface area contributed by atoms with Crippen molar-refractivity contribution in [2.45, 2.75) is 52.4 Å². The highest BCUT2D eigenvalue weighted by Gasteiger charge is 2.15. The smallest absolute Gasteiger partial charge is 0.0702 e. The maximum atomic E-state index is 4.61. The summed E-state index contributed by atoms with van der Waals surface area (Å²) in [7, 11) is 0. The highest BCUT2D eigenvalue weighted by Crippen LogP contribution is 2.27. The molecule has 0 amide bonds. The normalized spacial score (nSPS) is 12.5. The molecule has 0 aliphatic rings. The van der Waals surface area contributed by atoms with Gasteiger partial charge in [-0.25, -0.2) is 0 Å². The Balaban J connectivity index is 2.29. The van der Waals surface area contributed by atoms with Gasteiger partial charge in [0, 0.05) is 11.8 Å². The van der Waals surface area contributed by atoms with Crippen LogP contribution < -0.4 is 0 Å². The quantitative estimate of drug-likeness (QED) is 0.679. The minimum Gasteiger partial charge on any atom is -0.256 e. The Bertz CT molecular complexity index is 508. The second kappa shape index (κ2) is 5.05. The molecule has 0 spiro atoms. The van der Waals surface area contributed by atoms with Crippen LogP contribution in [0.3, 0.4) is 0 Å². The van der Waals surface area contributed by atoms with Crippen LogP contribution in [0.4, 0.5) is 0 Å². The Labute approximate surface area is 123 Å². The van der Waals surface area contributed by atoms with Gasteiger partial charge in [0.15, 0.2) is 0 Å². The molecule has 106 valence electrons. The van der Waals surface area contributed by atoms with Crippen LogP contribution in [0.5, 0.6) is 0 Å². The Hall–Kier alpha value is -1.63. The predicted octanol–water partition coefficient (Wildman–Crippen LogP) is 5.34. The first-order chi connectivity index (χ1) is 9.18. The second-order valence-electron chi connectivity index (χ2n) is 7.51. The van der Waals surface area contributed by atoms with Crippen molar-refractivity contribution in [2.75, 3.05) is 0 Å². The van der Waals surface area contributed by atoms with Gasteiger partial charge in [0.25, 0.3) is 0 Å². The van der Waals surface area contributed by atoms with Crippen molar-refractivity contribution < 1.29 is 0 Å². The number of benzene rings is 1. The van der Waals surface area contributed by atoms with Crippen molar-refractivity contribution in [1.82, 2.24) is 4.98 Å². The summed E-state index contributed by atoms with van der Waals surface area (Å²) in [5, 5.41) is 0. The fourth-order valence-electron chi connectivity index (χ4n) is 2.15. The number of pyridine rings is 1. The summed E-state index contributed by atoms with van der Waals surface area (Å²) in [4.78, 5) is 4.61. The van der Waals surface area contributed by atoms with Crippen LogP contribution in [-0.4, -0.2) is 4.98 Å². The van der Waals surface area contributed by atoms with Crippen molar-refractivity contribution in [1.29, 1.82) is 0 Å². The molecule has 2 rings (SSSR count). The van der Waals surface area contributed by atoms with Gasteiger partial charge >= 0.3 is 0 Å². The summed E-state index contributed by atoms with van der Waals surface area (Å²) in [6, 6.07) is 13.0. The third kappa shape index (κ3) is 3.27. The fraction of sp³-hybridized carbons (Fsp3) is 0.421. The standard InChI is InChI=1S/C19H25N/c1-18(2,3)15-9-7-14(8-10-15)17-12-11-16(13-20-17)19(4,5)6/h7-13H,1-6H3. The number of rotatable bonds is 1. The van der Waals surface area contributed by atoms with E-state index in [1.54, 1.807) is 0 Å².